The van der Waals surface area contributed by atoms with Crippen LogP contribution in [0.15, 0.2) is 91.0 Å². The molecule has 0 saturated carbocycles. The summed E-state index contributed by atoms with van der Waals surface area (Å²) in [6, 6.07) is 22.4. The largest absolute Gasteiger partial charge is 0.462 e. The number of benzene rings is 4. The van der Waals surface area contributed by atoms with Crippen LogP contribution in [0.4, 0.5) is 18.9 Å². The monoisotopic (exact) mass is 646 g/mol. The average Bonchev–Trinajstić information content (AvgIpc) is 3.05. The molecule has 0 heterocycles. The molecule has 4 aromatic carbocycles. The van der Waals surface area contributed by atoms with Gasteiger partial charge in [-0.1, -0.05) is 48.5 Å². The maximum Gasteiger partial charge on any atom is 0.417 e. The zero-order valence-corrected chi connectivity index (χ0v) is 26.0. The summed E-state index contributed by atoms with van der Waals surface area (Å²) in [4.78, 5) is 52.2. The van der Waals surface area contributed by atoms with Gasteiger partial charge in [0.15, 0.2) is 0 Å². The molecule has 0 bridgehead atoms. The van der Waals surface area contributed by atoms with E-state index in [-0.39, 0.29) is 35.6 Å². The van der Waals surface area contributed by atoms with E-state index >= 15 is 0 Å². The highest BCUT2D eigenvalue weighted by atomic mass is 19.4. The predicted molar refractivity (Wildman–Crippen MR) is 170 cm³/mol. The van der Waals surface area contributed by atoms with Crippen LogP contribution in [0.5, 0.6) is 5.75 Å². The number of nitrogens with one attached hydrogen (secondary N) is 1. The minimum atomic E-state index is -4.81. The van der Waals surface area contributed by atoms with Crippen molar-refractivity contribution in [3.8, 4) is 16.9 Å². The molecule has 0 atom stereocenters. The highest BCUT2D eigenvalue weighted by molar-refractivity contribution is 6.12. The van der Waals surface area contributed by atoms with Gasteiger partial charge in [0.05, 0.1) is 34.5 Å². The second-order valence-electron chi connectivity index (χ2n) is 10.7. The summed E-state index contributed by atoms with van der Waals surface area (Å²) >= 11 is 0. The normalized spacial score (nSPS) is 11.0. The predicted octanol–water partition coefficient (Wildman–Crippen LogP) is 7.43. The molecule has 4 aromatic rings. The number of carbonyl (C=O) groups excluding carboxylic acids is 4. The summed E-state index contributed by atoms with van der Waals surface area (Å²) < 4.78 is 52.5. The van der Waals surface area contributed by atoms with E-state index in [1.54, 1.807) is 49.4 Å². The van der Waals surface area contributed by atoms with E-state index in [1.165, 1.54) is 61.5 Å². The molecule has 2 amide bonds. The lowest BCUT2D eigenvalue weighted by atomic mass is 9.94. The third-order valence-electron chi connectivity index (χ3n) is 7.09. The van der Waals surface area contributed by atoms with Crippen LogP contribution in [0, 0.1) is 0 Å². The smallest absolute Gasteiger partial charge is 0.417 e. The highest BCUT2D eigenvalue weighted by Gasteiger charge is 2.37. The fraction of sp³-hybridized carbons (Fsp3) is 0.222. The Morgan fingerprint density at radius 2 is 1.55 bits per heavy atom. The fourth-order valence-corrected chi connectivity index (χ4v) is 4.84. The second kappa shape index (κ2) is 15.2. The van der Waals surface area contributed by atoms with Gasteiger partial charge in [0, 0.05) is 20.5 Å². The number of ether oxygens (including phenoxy) is 2. The van der Waals surface area contributed by atoms with Crippen molar-refractivity contribution in [2.24, 2.45) is 0 Å². The third kappa shape index (κ3) is 8.84. The standard InChI is InChI=1S/C36H33F3N2O6/c1-4-46-35(45)25-17-19-26(20-18-25)47-31(42)15-8-10-23-16-21-30(28(22-23)34(44)41(2)3)40-33(43)32-27(24-11-6-5-7-12-24)13-9-14-29(32)36(37,38)39/h5-7,9,11-14,16-22H,4,8,10,15H2,1-3H3,(H,40,43). The number of hydrogen-bond donors (Lipinski definition) is 1. The Kier molecular flexibility index (Phi) is 11.1. The molecule has 0 unspecified atom stereocenters. The number of alkyl halides is 3. The number of esters is 2. The molecule has 47 heavy (non-hydrogen) atoms. The van der Waals surface area contributed by atoms with Crippen LogP contribution in [-0.2, 0) is 22.1 Å². The molecule has 8 nitrogen and oxygen atoms in total. The summed E-state index contributed by atoms with van der Waals surface area (Å²) in [6.07, 6.45) is -4.03. The summed E-state index contributed by atoms with van der Waals surface area (Å²) in [5.41, 5.74) is -0.0263. The Bertz CT molecular complexity index is 1750. The van der Waals surface area contributed by atoms with E-state index in [4.69, 9.17) is 9.47 Å². The van der Waals surface area contributed by atoms with Gasteiger partial charge >= 0.3 is 18.1 Å². The van der Waals surface area contributed by atoms with Crippen molar-refractivity contribution in [2.45, 2.75) is 32.4 Å². The zero-order valence-electron chi connectivity index (χ0n) is 26.0. The molecular formula is C36H33F3N2O6. The van der Waals surface area contributed by atoms with Crippen LogP contribution in [0.2, 0.25) is 0 Å². The SMILES string of the molecule is CCOC(=O)c1ccc(OC(=O)CCCc2ccc(NC(=O)c3c(-c4ccccc4)cccc3C(F)(F)F)c(C(=O)N(C)C)c2)cc1. The van der Waals surface area contributed by atoms with Gasteiger partial charge in [-0.05, 0) is 78.9 Å². The molecule has 244 valence electrons. The Balaban J connectivity index is 1.51. The quantitative estimate of drug-likeness (QED) is 0.134. The van der Waals surface area contributed by atoms with Gasteiger partial charge in [0.1, 0.15) is 5.75 Å². The number of aryl methyl sites for hydroxylation is 1. The minimum Gasteiger partial charge on any atom is -0.462 e. The Morgan fingerprint density at radius 1 is 0.851 bits per heavy atom. The second-order valence-corrected chi connectivity index (χ2v) is 10.7. The minimum absolute atomic E-state index is 0.0408. The van der Waals surface area contributed by atoms with E-state index < -0.39 is 41.1 Å². The maximum atomic E-state index is 14.1. The van der Waals surface area contributed by atoms with Crippen LogP contribution in [0.1, 0.15) is 62.0 Å². The molecule has 0 aliphatic rings. The lowest BCUT2D eigenvalue weighted by molar-refractivity contribution is -0.138. The summed E-state index contributed by atoms with van der Waals surface area (Å²) in [5, 5.41) is 2.54. The first-order chi connectivity index (χ1) is 22.4. The van der Waals surface area contributed by atoms with Gasteiger partial charge in [0.2, 0.25) is 0 Å². The van der Waals surface area contributed by atoms with Crippen LogP contribution in [-0.4, -0.2) is 49.4 Å². The Labute approximate surface area is 270 Å². The van der Waals surface area contributed by atoms with Gasteiger partial charge in [0.25, 0.3) is 11.8 Å². The van der Waals surface area contributed by atoms with Crippen molar-refractivity contribution < 1.29 is 41.8 Å². The number of carbonyl (C=O) groups is 4. The van der Waals surface area contributed by atoms with Gasteiger partial charge < -0.3 is 19.7 Å². The average molecular weight is 647 g/mol. The molecule has 0 radical (unpaired) electrons. The van der Waals surface area contributed by atoms with E-state index in [2.05, 4.69) is 5.32 Å². The molecule has 0 spiro atoms. The number of anilines is 1. The van der Waals surface area contributed by atoms with Crippen LogP contribution in [0.3, 0.4) is 0 Å². The number of rotatable bonds is 11. The topological polar surface area (TPSA) is 102 Å². The van der Waals surface area contributed by atoms with Crippen molar-refractivity contribution in [3.05, 3.63) is 119 Å². The van der Waals surface area contributed by atoms with Crippen molar-refractivity contribution in [1.29, 1.82) is 0 Å². The first-order valence-electron chi connectivity index (χ1n) is 14.8. The lowest BCUT2D eigenvalue weighted by Crippen LogP contribution is -2.25. The van der Waals surface area contributed by atoms with E-state index in [0.29, 0.717) is 29.5 Å². The van der Waals surface area contributed by atoms with E-state index in [1.807, 2.05) is 0 Å². The Hall–Kier alpha value is -5.45. The van der Waals surface area contributed by atoms with Crippen molar-refractivity contribution in [3.63, 3.8) is 0 Å². The van der Waals surface area contributed by atoms with E-state index in [9.17, 15) is 32.3 Å². The molecule has 0 aromatic heterocycles. The molecule has 11 heteroatoms. The maximum absolute atomic E-state index is 14.1. The van der Waals surface area contributed by atoms with Gasteiger partial charge in [-0.15, -0.1) is 0 Å². The summed E-state index contributed by atoms with van der Waals surface area (Å²) in [6.45, 7) is 1.94. The number of halogens is 3. The molecule has 0 fully saturated rings. The van der Waals surface area contributed by atoms with Crippen LogP contribution >= 0.6 is 0 Å². The summed E-state index contributed by atoms with van der Waals surface area (Å²) in [7, 11) is 3.03. The van der Waals surface area contributed by atoms with Crippen LogP contribution < -0.4 is 10.1 Å². The molecule has 0 aliphatic carbocycles. The molecular weight excluding hydrogens is 613 g/mol. The molecule has 0 aliphatic heterocycles. The molecule has 0 saturated heterocycles. The summed E-state index contributed by atoms with van der Waals surface area (Å²) in [5.74, 6) is -2.20. The number of hydrogen-bond acceptors (Lipinski definition) is 6. The van der Waals surface area contributed by atoms with E-state index in [0.717, 1.165) is 6.07 Å². The Morgan fingerprint density at radius 3 is 2.19 bits per heavy atom. The molecule has 4 rings (SSSR count). The highest BCUT2D eigenvalue weighted by Crippen LogP contribution is 2.37. The van der Waals surface area contributed by atoms with Crippen LogP contribution in [0.25, 0.3) is 11.1 Å². The lowest BCUT2D eigenvalue weighted by Gasteiger charge is -2.19. The van der Waals surface area contributed by atoms with Gasteiger partial charge in [-0.25, -0.2) is 4.79 Å². The zero-order chi connectivity index (χ0) is 34.1. The third-order valence-corrected chi connectivity index (χ3v) is 7.09. The number of nitrogens with zero attached hydrogens (tertiary/aromatic N) is 1. The van der Waals surface area contributed by atoms with Crippen molar-refractivity contribution in [2.75, 3.05) is 26.0 Å². The van der Waals surface area contributed by atoms with Gasteiger partial charge in [-0.3, -0.25) is 14.4 Å². The van der Waals surface area contributed by atoms with Gasteiger partial charge in [-0.2, -0.15) is 13.2 Å². The first kappa shape index (κ1) is 34.4. The fourth-order valence-electron chi connectivity index (χ4n) is 4.84. The van der Waals surface area contributed by atoms with Crippen molar-refractivity contribution in [1.82, 2.24) is 4.90 Å². The molecule has 1 N–H and O–H groups in total. The van der Waals surface area contributed by atoms with Crippen molar-refractivity contribution >= 4 is 29.4 Å². The first-order valence-corrected chi connectivity index (χ1v) is 14.8. The number of amides is 2.